The molecule has 2 saturated heterocycles. The molecule has 27 heavy (non-hydrogen) atoms. The van der Waals surface area contributed by atoms with Gasteiger partial charge in [0.05, 0.1) is 0 Å². The number of urea groups is 1. The van der Waals surface area contributed by atoms with Gasteiger partial charge in [0.2, 0.25) is 5.91 Å². The summed E-state index contributed by atoms with van der Waals surface area (Å²) >= 11 is 0. The molecule has 1 spiro atoms. The molecule has 1 aliphatic carbocycles. The summed E-state index contributed by atoms with van der Waals surface area (Å²) in [7, 11) is 0. The number of nitrogens with zero attached hydrogens (tertiary/aromatic N) is 2. The van der Waals surface area contributed by atoms with Gasteiger partial charge in [0.15, 0.2) is 0 Å². The van der Waals surface area contributed by atoms with Crippen LogP contribution in [-0.2, 0) is 21.5 Å². The molecule has 0 bridgehead atoms. The maximum absolute atomic E-state index is 13.2. The molecule has 0 aromatic heterocycles. The van der Waals surface area contributed by atoms with Crippen LogP contribution in [0.15, 0.2) is 24.3 Å². The molecule has 144 valence electrons. The number of piperidine rings is 1. The monoisotopic (exact) mass is 370 g/mol. The second-order valence-electron chi connectivity index (χ2n) is 7.99. The Balaban J connectivity index is 1.53. The molecule has 4 amide bonds. The fourth-order valence-corrected chi connectivity index (χ4v) is 4.76. The first-order chi connectivity index (χ1) is 13.0. The quantitative estimate of drug-likeness (QED) is 0.775. The third-order valence-electron chi connectivity index (χ3n) is 6.29. The number of rotatable bonds is 3. The van der Waals surface area contributed by atoms with Crippen LogP contribution < -0.4 is 11.1 Å². The minimum absolute atomic E-state index is 0.0248. The van der Waals surface area contributed by atoms with Gasteiger partial charge in [-0.05, 0) is 42.7 Å². The third-order valence-corrected chi connectivity index (χ3v) is 6.29. The Morgan fingerprint density at radius 2 is 2.11 bits per heavy atom. The number of aryl methyl sites for hydroxylation is 1. The summed E-state index contributed by atoms with van der Waals surface area (Å²) in [4.78, 5) is 41.4. The molecule has 2 aliphatic heterocycles. The fraction of sp³-hybridized carbons (Fsp3) is 0.550. The van der Waals surface area contributed by atoms with Gasteiger partial charge in [-0.3, -0.25) is 14.5 Å². The van der Waals surface area contributed by atoms with Crippen LogP contribution in [0.4, 0.5) is 4.79 Å². The lowest BCUT2D eigenvalue weighted by Gasteiger charge is -2.38. The Morgan fingerprint density at radius 3 is 2.89 bits per heavy atom. The summed E-state index contributed by atoms with van der Waals surface area (Å²) in [5.74, 6) is 0.00207. The van der Waals surface area contributed by atoms with Gasteiger partial charge in [-0.25, -0.2) is 4.79 Å². The lowest BCUT2D eigenvalue weighted by molar-refractivity contribution is -0.141. The van der Waals surface area contributed by atoms with Crippen molar-refractivity contribution >= 4 is 17.8 Å². The summed E-state index contributed by atoms with van der Waals surface area (Å²) in [6.45, 7) is 2.95. The number of fused-ring (bicyclic) bond motifs is 2. The van der Waals surface area contributed by atoms with Gasteiger partial charge >= 0.3 is 6.03 Å². The zero-order valence-corrected chi connectivity index (χ0v) is 15.6. The first-order valence-electron chi connectivity index (χ1n) is 9.68. The van der Waals surface area contributed by atoms with Crippen molar-refractivity contribution < 1.29 is 14.4 Å². The molecule has 0 saturated carbocycles. The highest BCUT2D eigenvalue weighted by molar-refractivity contribution is 6.09. The predicted octanol–water partition coefficient (Wildman–Crippen LogP) is 0.966. The van der Waals surface area contributed by atoms with Crippen molar-refractivity contribution in [2.75, 3.05) is 19.6 Å². The van der Waals surface area contributed by atoms with E-state index in [1.165, 1.54) is 0 Å². The number of hydrogen-bond acceptors (Lipinski definition) is 4. The topological polar surface area (TPSA) is 95.7 Å². The van der Waals surface area contributed by atoms with Crippen molar-refractivity contribution in [3.05, 3.63) is 35.4 Å². The molecule has 7 nitrogen and oxygen atoms in total. The molecule has 1 aromatic rings. The highest BCUT2D eigenvalue weighted by atomic mass is 16.2. The van der Waals surface area contributed by atoms with E-state index in [4.69, 9.17) is 5.73 Å². The summed E-state index contributed by atoms with van der Waals surface area (Å²) in [6, 6.07) is 7.17. The Labute approximate surface area is 158 Å². The second-order valence-corrected chi connectivity index (χ2v) is 7.99. The highest BCUT2D eigenvalue weighted by Gasteiger charge is 2.55. The largest absolute Gasteiger partial charge is 0.337 e. The lowest BCUT2D eigenvalue weighted by atomic mass is 9.91. The van der Waals surface area contributed by atoms with Crippen LogP contribution in [-0.4, -0.2) is 53.3 Å². The van der Waals surface area contributed by atoms with Crippen LogP contribution in [0.5, 0.6) is 0 Å². The van der Waals surface area contributed by atoms with Crippen LogP contribution in [0, 0.1) is 5.92 Å². The van der Waals surface area contributed by atoms with Gasteiger partial charge in [0, 0.05) is 19.1 Å². The van der Waals surface area contributed by atoms with Gasteiger partial charge in [-0.2, -0.15) is 0 Å². The van der Waals surface area contributed by atoms with Crippen LogP contribution in [0.3, 0.4) is 0 Å². The van der Waals surface area contributed by atoms with E-state index >= 15 is 0 Å². The second kappa shape index (κ2) is 6.64. The van der Waals surface area contributed by atoms with Gasteiger partial charge in [0.1, 0.15) is 12.1 Å². The van der Waals surface area contributed by atoms with E-state index in [0.29, 0.717) is 25.4 Å². The maximum atomic E-state index is 13.2. The van der Waals surface area contributed by atoms with Gasteiger partial charge in [0.25, 0.3) is 5.91 Å². The molecule has 4 rings (SSSR count). The number of nitrogens with two attached hydrogens (primary N) is 1. The summed E-state index contributed by atoms with van der Waals surface area (Å²) in [5, 5.41) is 2.87. The lowest BCUT2D eigenvalue weighted by Crippen LogP contribution is -2.53. The highest BCUT2D eigenvalue weighted by Crippen LogP contribution is 2.41. The number of carbonyl (C=O) groups is 3. The summed E-state index contributed by atoms with van der Waals surface area (Å²) in [6.07, 6.45) is 3.05. The number of hydrogen-bond donors (Lipinski definition) is 2. The van der Waals surface area contributed by atoms with Crippen LogP contribution in [0.1, 0.15) is 37.3 Å². The van der Waals surface area contributed by atoms with Crippen LogP contribution in [0.2, 0.25) is 0 Å². The summed E-state index contributed by atoms with van der Waals surface area (Å²) < 4.78 is 0. The molecular formula is C20H26N4O3. The van der Waals surface area contributed by atoms with E-state index in [9.17, 15) is 14.4 Å². The van der Waals surface area contributed by atoms with Crippen molar-refractivity contribution in [2.45, 2.75) is 44.2 Å². The van der Waals surface area contributed by atoms with Crippen LogP contribution in [0.25, 0.3) is 0 Å². The van der Waals surface area contributed by atoms with E-state index < -0.39 is 11.6 Å². The summed E-state index contributed by atoms with van der Waals surface area (Å²) in [5.41, 5.74) is 6.76. The third kappa shape index (κ3) is 2.81. The molecule has 2 fully saturated rings. The maximum Gasteiger partial charge on any atom is 0.325 e. The fourth-order valence-electron chi connectivity index (χ4n) is 4.76. The van der Waals surface area contributed by atoms with E-state index in [-0.39, 0.29) is 24.4 Å². The van der Waals surface area contributed by atoms with Crippen LogP contribution >= 0.6 is 0 Å². The van der Waals surface area contributed by atoms with Crippen molar-refractivity contribution in [1.82, 2.24) is 15.1 Å². The zero-order chi connectivity index (χ0) is 19.2. The zero-order valence-electron chi connectivity index (χ0n) is 15.6. The minimum atomic E-state index is -1.02. The number of carbonyl (C=O) groups excluding carboxylic acids is 3. The van der Waals surface area contributed by atoms with Gasteiger partial charge in [-0.15, -0.1) is 0 Å². The average Bonchev–Trinajstić information content (AvgIpc) is 3.15. The number of likely N-dealkylation sites (tertiary alicyclic amines) is 1. The number of amides is 4. The van der Waals surface area contributed by atoms with E-state index in [0.717, 1.165) is 35.3 Å². The average molecular weight is 370 g/mol. The Hall–Kier alpha value is -2.41. The van der Waals surface area contributed by atoms with E-state index in [2.05, 4.69) is 12.2 Å². The molecule has 2 heterocycles. The smallest absolute Gasteiger partial charge is 0.325 e. The van der Waals surface area contributed by atoms with Crippen molar-refractivity contribution in [3.63, 3.8) is 0 Å². The molecule has 3 unspecified atom stereocenters. The number of nitrogens with one attached hydrogen (secondary N) is 1. The van der Waals surface area contributed by atoms with E-state index in [1.807, 2.05) is 24.3 Å². The molecule has 7 heteroatoms. The molecule has 0 radical (unpaired) electrons. The molecule has 3 aliphatic rings. The molecule has 1 aromatic carbocycles. The van der Waals surface area contributed by atoms with Gasteiger partial charge in [-0.1, -0.05) is 31.2 Å². The van der Waals surface area contributed by atoms with E-state index in [1.54, 1.807) is 4.90 Å². The Kier molecular flexibility index (Phi) is 4.42. The predicted molar refractivity (Wildman–Crippen MR) is 99.6 cm³/mol. The Bertz CT molecular complexity index is 795. The van der Waals surface area contributed by atoms with Crippen molar-refractivity contribution in [3.8, 4) is 0 Å². The van der Waals surface area contributed by atoms with Gasteiger partial charge < -0.3 is 16.0 Å². The number of benzene rings is 1. The number of imide groups is 1. The first-order valence-corrected chi connectivity index (χ1v) is 9.68. The normalized spacial score (nSPS) is 30.0. The van der Waals surface area contributed by atoms with Crippen molar-refractivity contribution in [2.24, 2.45) is 11.7 Å². The standard InChI is InChI=1S/C20H26N4O3/c1-13-7-9-23(15(10-13)11-21)17(25)12-24-18(26)20(22-19(24)27)8-6-14-4-2-3-5-16(14)20/h2-5,13,15H,6-12,21H2,1H3,(H,22,27). The van der Waals surface area contributed by atoms with Crippen molar-refractivity contribution in [1.29, 1.82) is 0 Å². The molecule has 3 N–H and O–H groups in total. The SMILES string of the molecule is CC1CCN(C(=O)CN2C(=O)NC3(CCc4ccccc43)C2=O)C(CN)C1. The Morgan fingerprint density at radius 1 is 1.33 bits per heavy atom. The minimum Gasteiger partial charge on any atom is -0.337 e. The first kappa shape index (κ1) is 18.0. The molecular weight excluding hydrogens is 344 g/mol. The molecule has 3 atom stereocenters.